The quantitative estimate of drug-likeness (QED) is 0.803. The zero-order valence-electron chi connectivity index (χ0n) is 10.6. The van der Waals surface area contributed by atoms with E-state index in [9.17, 15) is 0 Å². The summed E-state index contributed by atoms with van der Waals surface area (Å²) >= 11 is 0. The lowest BCUT2D eigenvalue weighted by Gasteiger charge is -2.17. The summed E-state index contributed by atoms with van der Waals surface area (Å²) < 4.78 is 0. The van der Waals surface area contributed by atoms with Gasteiger partial charge in [-0.2, -0.15) is 0 Å². The minimum atomic E-state index is 0.402. The first-order valence-electron chi connectivity index (χ1n) is 5.91. The van der Waals surface area contributed by atoms with Crippen molar-refractivity contribution < 1.29 is 0 Å². The third-order valence-electron chi connectivity index (χ3n) is 2.33. The van der Waals surface area contributed by atoms with Crippen LogP contribution in [0.15, 0.2) is 6.07 Å². The summed E-state index contributed by atoms with van der Waals surface area (Å²) in [7, 11) is 0. The van der Waals surface area contributed by atoms with E-state index in [1.165, 1.54) is 0 Å². The van der Waals surface area contributed by atoms with E-state index in [1.807, 2.05) is 6.92 Å². The minimum absolute atomic E-state index is 0.402. The zero-order chi connectivity index (χ0) is 12.1. The van der Waals surface area contributed by atoms with E-state index in [4.69, 9.17) is 5.73 Å². The lowest BCUT2D eigenvalue weighted by atomic mass is 10.1. The number of nitrogens with zero attached hydrogens (tertiary/aromatic N) is 2. The Balaban J connectivity index is 2.69. The Morgan fingerprint density at radius 2 is 2.00 bits per heavy atom. The molecule has 1 unspecified atom stereocenters. The molecule has 0 aromatic carbocycles. The average Bonchev–Trinajstić information content (AvgIpc) is 2.14. The molecule has 1 heterocycles. The van der Waals surface area contributed by atoms with Crippen molar-refractivity contribution >= 4 is 11.6 Å². The molecule has 1 rings (SSSR count). The lowest BCUT2D eigenvalue weighted by Crippen LogP contribution is -2.19. The second-order valence-corrected chi connectivity index (χ2v) is 4.62. The van der Waals surface area contributed by atoms with E-state index >= 15 is 0 Å². The summed E-state index contributed by atoms with van der Waals surface area (Å²) in [6, 6.07) is 2.19. The van der Waals surface area contributed by atoms with Gasteiger partial charge in [0.05, 0.1) is 0 Å². The molecule has 90 valence electrons. The summed E-state index contributed by atoms with van der Waals surface area (Å²) in [4.78, 5) is 8.54. The molecule has 0 aliphatic rings. The van der Waals surface area contributed by atoms with Crippen molar-refractivity contribution in [2.45, 2.75) is 46.6 Å². The van der Waals surface area contributed by atoms with Gasteiger partial charge in [-0.15, -0.1) is 0 Å². The molecule has 3 N–H and O–H groups in total. The number of nitrogens with two attached hydrogens (primary N) is 1. The highest BCUT2D eigenvalue weighted by atomic mass is 15.1. The molecule has 0 fully saturated rings. The van der Waals surface area contributed by atoms with Crippen LogP contribution in [0.1, 0.15) is 39.9 Å². The van der Waals surface area contributed by atoms with Crippen LogP contribution in [0.25, 0.3) is 0 Å². The van der Waals surface area contributed by atoms with E-state index in [2.05, 4.69) is 36.1 Å². The molecular weight excluding hydrogens is 200 g/mol. The highest BCUT2D eigenvalue weighted by Crippen LogP contribution is 2.13. The molecule has 4 nitrogen and oxygen atoms in total. The Morgan fingerprint density at radius 3 is 2.56 bits per heavy atom. The number of aryl methyl sites for hydroxylation is 1. The monoisotopic (exact) mass is 222 g/mol. The second kappa shape index (κ2) is 5.68. The first-order valence-corrected chi connectivity index (χ1v) is 5.91. The van der Waals surface area contributed by atoms with E-state index in [0.29, 0.717) is 17.8 Å². The van der Waals surface area contributed by atoms with Gasteiger partial charge in [-0.05, 0) is 19.3 Å². The predicted octanol–water partition coefficient (Wildman–Crippen LogP) is 2.47. The highest BCUT2D eigenvalue weighted by molar-refractivity contribution is 5.45. The highest BCUT2D eigenvalue weighted by Gasteiger charge is 2.07. The van der Waals surface area contributed by atoms with Gasteiger partial charge in [0.15, 0.2) is 0 Å². The number of aromatic nitrogens is 2. The van der Waals surface area contributed by atoms with Crippen LogP contribution in [0.4, 0.5) is 11.6 Å². The van der Waals surface area contributed by atoms with Gasteiger partial charge in [-0.25, -0.2) is 9.97 Å². The van der Waals surface area contributed by atoms with Crippen molar-refractivity contribution in [3.05, 3.63) is 11.9 Å². The van der Waals surface area contributed by atoms with Crippen LogP contribution in [-0.2, 0) is 6.42 Å². The molecule has 16 heavy (non-hydrogen) atoms. The van der Waals surface area contributed by atoms with Crippen LogP contribution >= 0.6 is 0 Å². The van der Waals surface area contributed by atoms with Crippen LogP contribution < -0.4 is 11.1 Å². The van der Waals surface area contributed by atoms with E-state index in [1.54, 1.807) is 6.07 Å². The molecule has 1 atom stereocenters. The number of hydrogen-bond acceptors (Lipinski definition) is 4. The Bertz CT molecular complexity index is 336. The zero-order valence-corrected chi connectivity index (χ0v) is 10.6. The van der Waals surface area contributed by atoms with Crippen molar-refractivity contribution in [2.24, 2.45) is 5.92 Å². The fraction of sp³-hybridized carbons (Fsp3) is 0.667. The Labute approximate surface area is 97.7 Å². The van der Waals surface area contributed by atoms with E-state index in [-0.39, 0.29) is 0 Å². The van der Waals surface area contributed by atoms with Crippen LogP contribution in [0.5, 0.6) is 0 Å². The Morgan fingerprint density at radius 1 is 1.31 bits per heavy atom. The molecule has 4 heteroatoms. The van der Waals surface area contributed by atoms with Gasteiger partial charge in [-0.3, -0.25) is 0 Å². The Kier molecular flexibility index (Phi) is 4.52. The fourth-order valence-corrected chi connectivity index (χ4v) is 1.77. The molecule has 0 aliphatic heterocycles. The van der Waals surface area contributed by atoms with Gasteiger partial charge < -0.3 is 11.1 Å². The molecule has 0 spiro atoms. The molecule has 1 aromatic heterocycles. The van der Waals surface area contributed by atoms with Gasteiger partial charge in [0.1, 0.15) is 17.5 Å². The third kappa shape index (κ3) is 4.04. The van der Waals surface area contributed by atoms with Gasteiger partial charge in [0, 0.05) is 18.5 Å². The fourth-order valence-electron chi connectivity index (χ4n) is 1.77. The van der Waals surface area contributed by atoms with Gasteiger partial charge in [0.25, 0.3) is 0 Å². The van der Waals surface area contributed by atoms with Crippen molar-refractivity contribution in [1.82, 2.24) is 9.97 Å². The molecular formula is C12H22N4. The summed E-state index contributed by atoms with van der Waals surface area (Å²) in [6.45, 7) is 8.61. The van der Waals surface area contributed by atoms with Crippen LogP contribution in [-0.4, -0.2) is 16.0 Å². The van der Waals surface area contributed by atoms with Gasteiger partial charge in [-0.1, -0.05) is 20.8 Å². The maximum absolute atomic E-state index is 5.72. The van der Waals surface area contributed by atoms with Crippen LogP contribution in [0.3, 0.4) is 0 Å². The number of nitrogens with one attached hydrogen (secondary N) is 1. The van der Waals surface area contributed by atoms with E-state index < -0.39 is 0 Å². The SMILES string of the molecule is CCc1nc(N)cc(NC(C)CC(C)C)n1. The summed E-state index contributed by atoms with van der Waals surface area (Å²) in [6.07, 6.45) is 1.92. The lowest BCUT2D eigenvalue weighted by molar-refractivity contribution is 0.538. The molecule has 0 bridgehead atoms. The van der Waals surface area contributed by atoms with Crippen LogP contribution in [0.2, 0.25) is 0 Å². The van der Waals surface area contributed by atoms with Crippen molar-refractivity contribution in [1.29, 1.82) is 0 Å². The standard InChI is InChI=1S/C12H22N4/c1-5-11-15-10(13)7-12(16-11)14-9(4)6-8(2)3/h7-9H,5-6H2,1-4H3,(H3,13,14,15,16). The second-order valence-electron chi connectivity index (χ2n) is 4.62. The first-order chi connectivity index (χ1) is 7.51. The average molecular weight is 222 g/mol. The van der Waals surface area contributed by atoms with Gasteiger partial charge in [0.2, 0.25) is 0 Å². The molecule has 1 aromatic rings. The number of rotatable bonds is 5. The number of nitrogen functional groups attached to an aromatic ring is 1. The number of anilines is 2. The molecule has 0 amide bonds. The van der Waals surface area contributed by atoms with Crippen molar-refractivity contribution in [3.63, 3.8) is 0 Å². The maximum atomic E-state index is 5.72. The maximum Gasteiger partial charge on any atom is 0.132 e. The summed E-state index contributed by atoms with van der Waals surface area (Å²) in [5.41, 5.74) is 5.72. The normalized spacial score (nSPS) is 12.8. The molecule has 0 saturated heterocycles. The Hall–Kier alpha value is -1.32. The summed E-state index contributed by atoms with van der Waals surface area (Å²) in [5.74, 6) is 2.83. The molecule has 0 saturated carbocycles. The van der Waals surface area contributed by atoms with E-state index in [0.717, 1.165) is 24.5 Å². The number of hydrogen-bond donors (Lipinski definition) is 2. The molecule has 0 aliphatic carbocycles. The molecule has 0 radical (unpaired) electrons. The smallest absolute Gasteiger partial charge is 0.132 e. The van der Waals surface area contributed by atoms with Crippen molar-refractivity contribution in [3.8, 4) is 0 Å². The van der Waals surface area contributed by atoms with Crippen LogP contribution in [0, 0.1) is 5.92 Å². The summed E-state index contributed by atoms with van der Waals surface area (Å²) in [5, 5.41) is 3.36. The largest absolute Gasteiger partial charge is 0.384 e. The minimum Gasteiger partial charge on any atom is -0.384 e. The third-order valence-corrected chi connectivity index (χ3v) is 2.33. The first kappa shape index (κ1) is 12.7. The predicted molar refractivity (Wildman–Crippen MR) is 68.4 cm³/mol. The topological polar surface area (TPSA) is 63.8 Å². The van der Waals surface area contributed by atoms with Crippen molar-refractivity contribution in [2.75, 3.05) is 11.1 Å². The van der Waals surface area contributed by atoms with Gasteiger partial charge >= 0.3 is 0 Å².